The monoisotopic (exact) mass is 229 g/mol. The number of aryl methyl sites for hydroxylation is 1. The Morgan fingerprint density at radius 3 is 3.06 bits per heavy atom. The Morgan fingerprint density at radius 2 is 2.24 bits per heavy atom. The van der Waals surface area contributed by atoms with E-state index in [0.29, 0.717) is 5.58 Å². The Bertz CT molecular complexity index is 615. The van der Waals surface area contributed by atoms with Crippen molar-refractivity contribution in [3.05, 3.63) is 40.2 Å². The Kier molecular flexibility index (Phi) is 2.39. The molecule has 3 nitrogen and oxygen atoms in total. The summed E-state index contributed by atoms with van der Waals surface area (Å²) in [5.41, 5.74) is 2.99. The van der Waals surface area contributed by atoms with Gasteiger partial charge in [0.15, 0.2) is 0 Å². The van der Waals surface area contributed by atoms with Crippen molar-refractivity contribution in [2.24, 2.45) is 0 Å². The molecule has 0 unspecified atom stereocenters. The zero-order valence-electron chi connectivity index (χ0n) is 9.90. The second-order valence-corrected chi connectivity index (χ2v) is 4.46. The molecular formula is C14H15NO2. The molecule has 0 saturated heterocycles. The zero-order chi connectivity index (χ0) is 11.8. The summed E-state index contributed by atoms with van der Waals surface area (Å²) >= 11 is 0. The quantitative estimate of drug-likeness (QED) is 0.705. The Balaban J connectivity index is 2.25. The molecule has 88 valence electrons. The Hall–Kier alpha value is -1.77. The van der Waals surface area contributed by atoms with Crippen LogP contribution in [0.2, 0.25) is 0 Å². The van der Waals surface area contributed by atoms with E-state index in [1.807, 2.05) is 12.1 Å². The molecule has 1 aliphatic rings. The van der Waals surface area contributed by atoms with Crippen LogP contribution in [0.15, 0.2) is 33.5 Å². The normalized spacial score (nSPS) is 15.0. The predicted octanol–water partition coefficient (Wildman–Crippen LogP) is 2.57. The first-order valence-corrected chi connectivity index (χ1v) is 6.09. The van der Waals surface area contributed by atoms with Crippen LogP contribution in [0.4, 0.5) is 5.69 Å². The molecule has 0 aliphatic carbocycles. The lowest BCUT2D eigenvalue weighted by atomic mass is 10.00. The maximum absolute atomic E-state index is 11.2. The number of nitrogens with zero attached hydrogens (tertiary/aromatic N) is 1. The highest BCUT2D eigenvalue weighted by Crippen LogP contribution is 2.30. The molecule has 17 heavy (non-hydrogen) atoms. The highest BCUT2D eigenvalue weighted by molar-refractivity contribution is 5.83. The predicted molar refractivity (Wildman–Crippen MR) is 68.7 cm³/mol. The first-order chi connectivity index (χ1) is 8.28. The third-order valence-corrected chi connectivity index (χ3v) is 3.42. The third kappa shape index (κ3) is 1.71. The summed E-state index contributed by atoms with van der Waals surface area (Å²) in [6.45, 7) is 4.24. The number of benzene rings is 1. The van der Waals surface area contributed by atoms with E-state index in [2.05, 4.69) is 17.9 Å². The minimum absolute atomic E-state index is 0.281. The molecule has 0 bridgehead atoms. The van der Waals surface area contributed by atoms with E-state index in [1.165, 1.54) is 23.7 Å². The fourth-order valence-corrected chi connectivity index (χ4v) is 2.56. The summed E-state index contributed by atoms with van der Waals surface area (Å²) in [5.74, 6) is 0. The number of hydrogen-bond acceptors (Lipinski definition) is 3. The van der Waals surface area contributed by atoms with Crippen molar-refractivity contribution < 1.29 is 4.42 Å². The van der Waals surface area contributed by atoms with Crippen molar-refractivity contribution in [2.45, 2.75) is 19.8 Å². The standard InChI is InChI=1S/C14H15NO2/c1-2-15-7-3-4-10-8-11-5-6-14(16)17-13(11)9-12(10)15/h5-6,8-9H,2-4,7H2,1H3. The Morgan fingerprint density at radius 1 is 1.35 bits per heavy atom. The van der Waals surface area contributed by atoms with Gasteiger partial charge in [0, 0.05) is 36.3 Å². The van der Waals surface area contributed by atoms with Gasteiger partial charge in [-0.05, 0) is 37.5 Å². The van der Waals surface area contributed by atoms with Gasteiger partial charge in [-0.25, -0.2) is 4.79 Å². The lowest BCUT2D eigenvalue weighted by Crippen LogP contribution is -2.28. The van der Waals surface area contributed by atoms with E-state index in [4.69, 9.17) is 4.42 Å². The summed E-state index contributed by atoms with van der Waals surface area (Å²) in [6.07, 6.45) is 2.31. The molecule has 2 aromatic rings. The van der Waals surface area contributed by atoms with Crippen molar-refractivity contribution >= 4 is 16.7 Å². The van der Waals surface area contributed by atoms with Crippen LogP contribution in [-0.4, -0.2) is 13.1 Å². The lowest BCUT2D eigenvalue weighted by Gasteiger charge is -2.30. The average Bonchev–Trinajstić information content (AvgIpc) is 2.35. The smallest absolute Gasteiger partial charge is 0.336 e. The molecule has 0 atom stereocenters. The minimum atomic E-state index is -0.281. The highest BCUT2D eigenvalue weighted by atomic mass is 16.4. The fraction of sp³-hybridized carbons (Fsp3) is 0.357. The maximum atomic E-state index is 11.2. The largest absolute Gasteiger partial charge is 0.423 e. The van der Waals surface area contributed by atoms with Gasteiger partial charge in [0.25, 0.3) is 0 Å². The summed E-state index contributed by atoms with van der Waals surface area (Å²) < 4.78 is 5.24. The number of rotatable bonds is 1. The molecule has 0 fully saturated rings. The van der Waals surface area contributed by atoms with E-state index >= 15 is 0 Å². The fourth-order valence-electron chi connectivity index (χ4n) is 2.56. The topological polar surface area (TPSA) is 33.5 Å². The molecule has 0 spiro atoms. The molecule has 1 aromatic carbocycles. The van der Waals surface area contributed by atoms with Gasteiger partial charge in [-0.1, -0.05) is 0 Å². The molecular weight excluding hydrogens is 214 g/mol. The van der Waals surface area contributed by atoms with Crippen molar-refractivity contribution in [3.63, 3.8) is 0 Å². The molecule has 0 N–H and O–H groups in total. The van der Waals surface area contributed by atoms with Crippen LogP contribution in [0, 0.1) is 0 Å². The van der Waals surface area contributed by atoms with Crippen molar-refractivity contribution in [1.29, 1.82) is 0 Å². The van der Waals surface area contributed by atoms with E-state index in [0.717, 1.165) is 24.9 Å². The Labute approximate surface area is 99.7 Å². The maximum Gasteiger partial charge on any atom is 0.336 e. The molecule has 3 rings (SSSR count). The van der Waals surface area contributed by atoms with Gasteiger partial charge in [0.1, 0.15) is 5.58 Å². The van der Waals surface area contributed by atoms with Gasteiger partial charge in [-0.15, -0.1) is 0 Å². The van der Waals surface area contributed by atoms with Gasteiger partial charge >= 0.3 is 5.63 Å². The van der Waals surface area contributed by atoms with E-state index in [9.17, 15) is 4.79 Å². The van der Waals surface area contributed by atoms with E-state index in [1.54, 1.807) is 0 Å². The van der Waals surface area contributed by atoms with E-state index < -0.39 is 0 Å². The van der Waals surface area contributed by atoms with Gasteiger partial charge < -0.3 is 9.32 Å². The number of fused-ring (bicyclic) bond motifs is 2. The highest BCUT2D eigenvalue weighted by Gasteiger charge is 2.16. The lowest BCUT2D eigenvalue weighted by molar-refractivity contribution is 0.560. The van der Waals surface area contributed by atoms with Crippen molar-refractivity contribution in [3.8, 4) is 0 Å². The van der Waals surface area contributed by atoms with Crippen LogP contribution in [0.1, 0.15) is 18.9 Å². The first kappa shape index (κ1) is 10.4. The number of hydrogen-bond donors (Lipinski definition) is 0. The van der Waals surface area contributed by atoms with Crippen LogP contribution in [-0.2, 0) is 6.42 Å². The third-order valence-electron chi connectivity index (χ3n) is 3.42. The van der Waals surface area contributed by atoms with Crippen LogP contribution in [0.5, 0.6) is 0 Å². The van der Waals surface area contributed by atoms with Gasteiger partial charge in [0.2, 0.25) is 0 Å². The van der Waals surface area contributed by atoms with Crippen molar-refractivity contribution in [2.75, 3.05) is 18.0 Å². The van der Waals surface area contributed by atoms with Crippen LogP contribution >= 0.6 is 0 Å². The molecule has 1 aromatic heterocycles. The van der Waals surface area contributed by atoms with Gasteiger partial charge in [-0.2, -0.15) is 0 Å². The minimum Gasteiger partial charge on any atom is -0.423 e. The van der Waals surface area contributed by atoms with Crippen LogP contribution in [0.3, 0.4) is 0 Å². The summed E-state index contributed by atoms with van der Waals surface area (Å²) in [7, 11) is 0. The molecule has 3 heteroatoms. The summed E-state index contributed by atoms with van der Waals surface area (Å²) in [4.78, 5) is 13.6. The molecule has 0 amide bonds. The van der Waals surface area contributed by atoms with Gasteiger partial charge in [0.05, 0.1) is 0 Å². The van der Waals surface area contributed by atoms with Gasteiger partial charge in [-0.3, -0.25) is 0 Å². The zero-order valence-corrected chi connectivity index (χ0v) is 9.90. The molecule has 2 heterocycles. The summed E-state index contributed by atoms with van der Waals surface area (Å²) in [6, 6.07) is 7.48. The average molecular weight is 229 g/mol. The van der Waals surface area contributed by atoms with Crippen LogP contribution in [0.25, 0.3) is 11.0 Å². The van der Waals surface area contributed by atoms with Crippen molar-refractivity contribution in [1.82, 2.24) is 0 Å². The summed E-state index contributed by atoms with van der Waals surface area (Å²) in [5, 5.41) is 1.02. The van der Waals surface area contributed by atoms with Crippen LogP contribution < -0.4 is 10.5 Å². The first-order valence-electron chi connectivity index (χ1n) is 6.09. The molecule has 0 saturated carbocycles. The second kappa shape index (κ2) is 3.91. The molecule has 1 aliphatic heterocycles. The second-order valence-electron chi connectivity index (χ2n) is 4.46. The SMILES string of the molecule is CCN1CCCc2cc3ccc(=O)oc3cc21. The molecule has 0 radical (unpaired) electrons. The van der Waals surface area contributed by atoms with E-state index in [-0.39, 0.29) is 5.63 Å². The number of anilines is 1.